The smallest absolute Gasteiger partial charge is 0.279 e. The van der Waals surface area contributed by atoms with Gasteiger partial charge in [0.25, 0.3) is 10.2 Å². The van der Waals surface area contributed by atoms with Crippen molar-refractivity contribution < 1.29 is 8.42 Å². The molecule has 4 N–H and O–H groups in total. The maximum absolute atomic E-state index is 12.1. The van der Waals surface area contributed by atoms with E-state index >= 15 is 0 Å². The average Bonchev–Trinajstić information content (AvgIpc) is 2.26. The lowest BCUT2D eigenvalue weighted by molar-refractivity contribution is 0.277. The highest BCUT2D eigenvalue weighted by Gasteiger charge is 2.30. The van der Waals surface area contributed by atoms with Crippen LogP contribution in [-0.2, 0) is 10.2 Å². The first-order valence-corrected chi connectivity index (χ1v) is 7.68. The summed E-state index contributed by atoms with van der Waals surface area (Å²) in [5, 5.41) is 7.41. The molecule has 0 aromatic heterocycles. The Balaban J connectivity index is 2.62. The van der Waals surface area contributed by atoms with E-state index in [9.17, 15) is 8.42 Å². The molecule has 0 amide bonds. The topological polar surface area (TPSA) is 99.3 Å². The average molecular weight is 276 g/mol. The molecule has 1 aliphatic rings. The number of piperidine rings is 1. The Hall–Kier alpha value is -0.660. The van der Waals surface area contributed by atoms with Crippen LogP contribution in [0.25, 0.3) is 0 Å². The van der Waals surface area contributed by atoms with Crippen molar-refractivity contribution in [3.8, 4) is 0 Å². The maximum Gasteiger partial charge on any atom is 0.279 e. The summed E-state index contributed by atoms with van der Waals surface area (Å²) in [7, 11) is -3.45. The monoisotopic (exact) mass is 276 g/mol. The molecule has 1 heterocycles. The van der Waals surface area contributed by atoms with Gasteiger partial charge in [0, 0.05) is 25.0 Å². The van der Waals surface area contributed by atoms with E-state index in [1.54, 1.807) is 13.8 Å². The highest BCUT2D eigenvalue weighted by atomic mass is 32.2. The van der Waals surface area contributed by atoms with Crippen LogP contribution in [0.2, 0.25) is 0 Å². The van der Waals surface area contributed by atoms with Crippen molar-refractivity contribution in [3.05, 3.63) is 0 Å². The van der Waals surface area contributed by atoms with E-state index in [-0.39, 0.29) is 12.4 Å². The first-order chi connectivity index (χ1) is 8.15. The third-order valence-electron chi connectivity index (χ3n) is 3.39. The third kappa shape index (κ3) is 3.93. The van der Waals surface area contributed by atoms with E-state index in [0.29, 0.717) is 19.0 Å². The Labute approximate surface area is 110 Å². The zero-order valence-electron chi connectivity index (χ0n) is 11.4. The van der Waals surface area contributed by atoms with Crippen LogP contribution in [0.4, 0.5) is 0 Å². The van der Waals surface area contributed by atoms with Crippen molar-refractivity contribution >= 4 is 16.0 Å². The Kier molecular flexibility index (Phi) is 4.74. The van der Waals surface area contributed by atoms with Crippen molar-refractivity contribution in [3.63, 3.8) is 0 Å². The molecule has 0 saturated carbocycles. The summed E-state index contributed by atoms with van der Waals surface area (Å²) in [4.78, 5) is 0. The fourth-order valence-corrected chi connectivity index (χ4v) is 3.37. The standard InChI is InChI=1S/C11H24N4O2S/c1-9-5-4-6-15(7-9)18(16,17)14-8-11(2,3)10(12)13/h9,14H,4-8H2,1-3H3,(H3,12,13). The van der Waals surface area contributed by atoms with E-state index in [1.807, 2.05) is 0 Å². The van der Waals surface area contributed by atoms with Gasteiger partial charge in [-0.15, -0.1) is 0 Å². The van der Waals surface area contributed by atoms with Gasteiger partial charge in [-0.2, -0.15) is 12.7 Å². The molecule has 1 fully saturated rings. The highest BCUT2D eigenvalue weighted by Crippen LogP contribution is 2.19. The zero-order valence-corrected chi connectivity index (χ0v) is 12.2. The van der Waals surface area contributed by atoms with Crippen LogP contribution < -0.4 is 10.5 Å². The van der Waals surface area contributed by atoms with Crippen molar-refractivity contribution in [2.45, 2.75) is 33.6 Å². The molecule has 0 radical (unpaired) electrons. The van der Waals surface area contributed by atoms with Crippen LogP contribution in [0.3, 0.4) is 0 Å². The Morgan fingerprint density at radius 2 is 2.17 bits per heavy atom. The lowest BCUT2D eigenvalue weighted by atomic mass is 9.93. The number of hydrogen-bond acceptors (Lipinski definition) is 3. The molecule has 0 aliphatic carbocycles. The molecular formula is C11H24N4O2S. The number of nitrogens with one attached hydrogen (secondary N) is 2. The van der Waals surface area contributed by atoms with E-state index in [4.69, 9.17) is 11.1 Å². The van der Waals surface area contributed by atoms with E-state index in [2.05, 4.69) is 11.6 Å². The number of nitrogens with two attached hydrogens (primary N) is 1. The molecule has 0 bridgehead atoms. The van der Waals surface area contributed by atoms with Gasteiger partial charge in [0.1, 0.15) is 0 Å². The van der Waals surface area contributed by atoms with Gasteiger partial charge in [-0.1, -0.05) is 20.8 Å². The number of amidine groups is 1. The molecule has 1 rings (SSSR count). The predicted molar refractivity (Wildman–Crippen MR) is 72.6 cm³/mol. The Morgan fingerprint density at radius 3 is 2.67 bits per heavy atom. The zero-order chi connectivity index (χ0) is 14.0. The van der Waals surface area contributed by atoms with Crippen LogP contribution in [0.1, 0.15) is 33.6 Å². The van der Waals surface area contributed by atoms with Gasteiger partial charge in [-0.25, -0.2) is 4.72 Å². The first kappa shape index (κ1) is 15.4. The molecule has 7 heteroatoms. The lowest BCUT2D eigenvalue weighted by Crippen LogP contribution is -2.49. The maximum atomic E-state index is 12.1. The van der Waals surface area contributed by atoms with Gasteiger partial charge in [0.15, 0.2) is 0 Å². The summed E-state index contributed by atoms with van der Waals surface area (Å²) in [6.45, 7) is 6.83. The molecular weight excluding hydrogens is 252 g/mol. The molecule has 6 nitrogen and oxygen atoms in total. The minimum atomic E-state index is -3.45. The van der Waals surface area contributed by atoms with Gasteiger partial charge in [-0.05, 0) is 18.8 Å². The molecule has 1 aliphatic heterocycles. The van der Waals surface area contributed by atoms with E-state index < -0.39 is 15.6 Å². The van der Waals surface area contributed by atoms with Crippen LogP contribution in [-0.4, -0.2) is 38.2 Å². The van der Waals surface area contributed by atoms with Gasteiger partial charge in [0.2, 0.25) is 0 Å². The lowest BCUT2D eigenvalue weighted by Gasteiger charge is -2.31. The second kappa shape index (κ2) is 5.54. The number of nitrogens with zero attached hydrogens (tertiary/aromatic N) is 1. The molecule has 1 saturated heterocycles. The minimum Gasteiger partial charge on any atom is -0.387 e. The Morgan fingerprint density at radius 1 is 1.56 bits per heavy atom. The third-order valence-corrected chi connectivity index (χ3v) is 4.91. The van der Waals surface area contributed by atoms with Crippen LogP contribution >= 0.6 is 0 Å². The SMILES string of the molecule is CC1CCCN(S(=O)(=O)NCC(C)(C)C(=N)N)C1. The van der Waals surface area contributed by atoms with Gasteiger partial charge >= 0.3 is 0 Å². The molecule has 1 unspecified atom stereocenters. The van der Waals surface area contributed by atoms with Crippen molar-refractivity contribution in [1.29, 1.82) is 5.41 Å². The highest BCUT2D eigenvalue weighted by molar-refractivity contribution is 7.87. The number of rotatable bonds is 5. The van der Waals surface area contributed by atoms with Crippen LogP contribution in [0, 0.1) is 16.7 Å². The van der Waals surface area contributed by atoms with Gasteiger partial charge < -0.3 is 5.73 Å². The summed E-state index contributed by atoms with van der Waals surface area (Å²) in [5.74, 6) is 0.383. The van der Waals surface area contributed by atoms with Crippen LogP contribution in [0.15, 0.2) is 0 Å². The van der Waals surface area contributed by atoms with E-state index in [0.717, 1.165) is 12.8 Å². The minimum absolute atomic E-state index is 0.0165. The second-order valence-electron chi connectivity index (χ2n) is 5.73. The van der Waals surface area contributed by atoms with Gasteiger partial charge in [-0.3, -0.25) is 5.41 Å². The molecule has 106 valence electrons. The summed E-state index contributed by atoms with van der Waals surface area (Å²) in [6.07, 6.45) is 1.98. The quantitative estimate of drug-likeness (QED) is 0.504. The van der Waals surface area contributed by atoms with Crippen molar-refractivity contribution in [2.24, 2.45) is 17.1 Å². The summed E-state index contributed by atoms with van der Waals surface area (Å²) < 4.78 is 28.2. The molecule has 0 aromatic carbocycles. The van der Waals surface area contributed by atoms with Crippen molar-refractivity contribution in [2.75, 3.05) is 19.6 Å². The first-order valence-electron chi connectivity index (χ1n) is 6.24. The molecule has 18 heavy (non-hydrogen) atoms. The van der Waals surface area contributed by atoms with Crippen molar-refractivity contribution in [1.82, 2.24) is 9.03 Å². The largest absolute Gasteiger partial charge is 0.387 e. The molecule has 0 spiro atoms. The Bertz CT molecular complexity index is 405. The normalized spacial score (nSPS) is 22.9. The van der Waals surface area contributed by atoms with E-state index in [1.165, 1.54) is 4.31 Å². The van der Waals surface area contributed by atoms with Crippen LogP contribution in [0.5, 0.6) is 0 Å². The summed E-state index contributed by atoms with van der Waals surface area (Å²) >= 11 is 0. The molecule has 1 atom stereocenters. The fraction of sp³-hybridized carbons (Fsp3) is 0.909. The molecule has 0 aromatic rings. The fourth-order valence-electron chi connectivity index (χ4n) is 1.82. The second-order valence-corrected chi connectivity index (χ2v) is 7.48. The summed E-state index contributed by atoms with van der Waals surface area (Å²) in [6, 6.07) is 0. The number of hydrogen-bond donors (Lipinski definition) is 3. The predicted octanol–water partition coefficient (Wildman–Crippen LogP) is 0.515. The van der Waals surface area contributed by atoms with Gasteiger partial charge in [0.05, 0.1) is 5.84 Å². The summed E-state index contributed by atoms with van der Waals surface area (Å²) in [5.41, 5.74) is 4.78.